The van der Waals surface area contributed by atoms with Crippen molar-refractivity contribution in [2.45, 2.75) is 0 Å². The zero-order valence-electron chi connectivity index (χ0n) is 9.81. The molecule has 1 heterocycles. The fourth-order valence-electron chi connectivity index (χ4n) is 0.427. The molecule has 0 aliphatic heterocycles. The zero-order valence-corrected chi connectivity index (χ0v) is 9.81. The SMILES string of the molecule is C=O.NC(N)=O.NC(N)=O.Nc1nc(N)nc(N)n1. The Hall–Kier alpha value is -3.38. The standard InChI is InChI=1S/C3H6N6.2CH4N2O.CH2O/c4-1-7-2(5)9-3(6)8-1;2*2-1(3)4;1-2/h(H6,4,5,6,7,8,9);2*(H4,2,3,4);1H2. The van der Waals surface area contributed by atoms with Gasteiger partial charge in [0.1, 0.15) is 6.79 Å². The van der Waals surface area contributed by atoms with Crippen molar-refractivity contribution in [1.29, 1.82) is 0 Å². The van der Waals surface area contributed by atoms with E-state index in [9.17, 15) is 0 Å². The highest BCUT2D eigenvalue weighted by molar-refractivity contribution is 5.69. The minimum Gasteiger partial charge on any atom is -0.368 e. The summed E-state index contributed by atoms with van der Waals surface area (Å²) in [5.41, 5.74) is 32.4. The van der Waals surface area contributed by atoms with Crippen molar-refractivity contribution in [3.63, 3.8) is 0 Å². The molecule has 0 aliphatic carbocycles. The maximum absolute atomic E-state index is 9.00. The summed E-state index contributed by atoms with van der Waals surface area (Å²) < 4.78 is 0. The number of nitrogens with two attached hydrogens (primary N) is 7. The van der Waals surface area contributed by atoms with Crippen molar-refractivity contribution in [3.05, 3.63) is 0 Å². The highest BCUT2D eigenvalue weighted by Gasteiger charge is 1.93. The lowest BCUT2D eigenvalue weighted by molar-refractivity contribution is -0.0980. The van der Waals surface area contributed by atoms with Gasteiger partial charge in [0.2, 0.25) is 17.8 Å². The predicted molar refractivity (Wildman–Crippen MR) is 67.7 cm³/mol. The fraction of sp³-hybridized carbons (Fsp3) is 0. The molecule has 108 valence electrons. The van der Waals surface area contributed by atoms with E-state index < -0.39 is 12.1 Å². The number of amides is 4. The number of rotatable bonds is 0. The van der Waals surface area contributed by atoms with Crippen LogP contribution in [0.15, 0.2) is 0 Å². The lowest BCUT2D eigenvalue weighted by atomic mass is 10.9. The van der Waals surface area contributed by atoms with Gasteiger partial charge < -0.3 is 44.9 Å². The van der Waals surface area contributed by atoms with Gasteiger partial charge in [-0.2, -0.15) is 15.0 Å². The second kappa shape index (κ2) is 12.7. The molecule has 0 bridgehead atoms. The third-order valence-corrected chi connectivity index (χ3v) is 0.687. The first-order chi connectivity index (χ1) is 8.65. The first-order valence-corrected chi connectivity index (χ1v) is 4.06. The number of nitrogens with zero attached hydrogens (tertiary/aromatic N) is 3. The van der Waals surface area contributed by atoms with Crippen molar-refractivity contribution in [1.82, 2.24) is 15.0 Å². The average molecular weight is 276 g/mol. The Morgan fingerprint density at radius 2 is 0.789 bits per heavy atom. The van der Waals surface area contributed by atoms with Crippen LogP contribution in [0, 0.1) is 0 Å². The molecule has 14 N–H and O–H groups in total. The molecule has 0 saturated heterocycles. The predicted octanol–water partition coefficient (Wildman–Crippen LogP) is -3.52. The number of carbonyl (C=O) groups excluding carboxylic acids is 3. The van der Waals surface area contributed by atoms with Gasteiger partial charge in [-0.3, -0.25) is 0 Å². The summed E-state index contributed by atoms with van der Waals surface area (Å²) in [5.74, 6) is 0.125. The number of hydrogen-bond donors (Lipinski definition) is 7. The third-order valence-electron chi connectivity index (χ3n) is 0.687. The first kappa shape index (κ1) is 21.0. The molecule has 0 aliphatic rings. The van der Waals surface area contributed by atoms with E-state index in [1.54, 1.807) is 0 Å². The van der Waals surface area contributed by atoms with E-state index in [4.69, 9.17) is 31.6 Å². The van der Waals surface area contributed by atoms with Gasteiger partial charge in [0.05, 0.1) is 0 Å². The van der Waals surface area contributed by atoms with Gasteiger partial charge in [0.15, 0.2) is 0 Å². The quantitative estimate of drug-likeness (QED) is 0.247. The first-order valence-electron chi connectivity index (χ1n) is 4.06. The van der Waals surface area contributed by atoms with Gasteiger partial charge in [-0.25, -0.2) is 9.59 Å². The molecule has 0 fully saturated rings. The maximum atomic E-state index is 9.00. The Labute approximate surface area is 107 Å². The number of hydrogen-bond acceptors (Lipinski definition) is 9. The molecule has 1 aromatic heterocycles. The van der Waals surface area contributed by atoms with Gasteiger partial charge in [-0.05, 0) is 0 Å². The molecular weight excluding hydrogens is 260 g/mol. The van der Waals surface area contributed by atoms with Crippen molar-refractivity contribution < 1.29 is 14.4 Å². The van der Waals surface area contributed by atoms with Gasteiger partial charge >= 0.3 is 12.1 Å². The van der Waals surface area contributed by atoms with E-state index in [1.807, 2.05) is 6.79 Å². The number of nitrogen functional groups attached to an aromatic ring is 3. The average Bonchev–Trinajstić information content (AvgIpc) is 2.16. The molecule has 19 heavy (non-hydrogen) atoms. The largest absolute Gasteiger partial charge is 0.368 e. The zero-order chi connectivity index (χ0) is 16.0. The summed E-state index contributed by atoms with van der Waals surface area (Å²) in [7, 11) is 0. The molecule has 4 amide bonds. The van der Waals surface area contributed by atoms with E-state index in [0.717, 1.165) is 0 Å². The summed E-state index contributed by atoms with van der Waals surface area (Å²) in [6.45, 7) is 2.00. The Morgan fingerprint density at radius 3 is 0.895 bits per heavy atom. The van der Waals surface area contributed by atoms with Gasteiger partial charge in [-0.15, -0.1) is 0 Å². The molecule has 1 aromatic rings. The van der Waals surface area contributed by atoms with Crippen LogP contribution >= 0.6 is 0 Å². The molecular formula is C6H16N10O3. The van der Waals surface area contributed by atoms with Crippen LogP contribution in [0.1, 0.15) is 0 Å². The minimum atomic E-state index is -0.833. The van der Waals surface area contributed by atoms with Crippen LogP contribution in [0.2, 0.25) is 0 Å². The van der Waals surface area contributed by atoms with Crippen molar-refractivity contribution >= 4 is 36.7 Å². The van der Waals surface area contributed by atoms with Crippen molar-refractivity contribution in [2.75, 3.05) is 17.2 Å². The van der Waals surface area contributed by atoms with E-state index >= 15 is 0 Å². The summed E-state index contributed by atoms with van der Waals surface area (Å²) in [5, 5.41) is 0. The monoisotopic (exact) mass is 276 g/mol. The summed E-state index contributed by atoms with van der Waals surface area (Å²) in [6, 6.07) is -1.67. The van der Waals surface area contributed by atoms with Gasteiger partial charge in [0, 0.05) is 0 Å². The molecule has 0 spiro atoms. The molecule has 1 rings (SSSR count). The van der Waals surface area contributed by atoms with Crippen LogP contribution in [0.25, 0.3) is 0 Å². The van der Waals surface area contributed by atoms with Crippen LogP contribution in [-0.2, 0) is 4.79 Å². The highest BCUT2D eigenvalue weighted by atomic mass is 16.2. The summed E-state index contributed by atoms with van der Waals surface area (Å²) >= 11 is 0. The Kier molecular flexibility index (Phi) is 14.0. The van der Waals surface area contributed by atoms with Crippen LogP contribution in [-0.4, -0.2) is 33.8 Å². The highest BCUT2D eigenvalue weighted by Crippen LogP contribution is 1.97. The Morgan fingerprint density at radius 1 is 0.684 bits per heavy atom. The number of aromatic nitrogens is 3. The van der Waals surface area contributed by atoms with E-state index in [-0.39, 0.29) is 17.8 Å². The molecule has 0 aromatic carbocycles. The molecule has 0 unspecified atom stereocenters. The third kappa shape index (κ3) is 31.3. The summed E-state index contributed by atoms with van der Waals surface area (Å²) in [6.07, 6.45) is 0. The van der Waals surface area contributed by atoms with Crippen molar-refractivity contribution in [2.24, 2.45) is 22.9 Å². The normalized spacial score (nSPS) is 7.16. The van der Waals surface area contributed by atoms with Crippen molar-refractivity contribution in [3.8, 4) is 0 Å². The number of carbonyl (C=O) groups is 3. The van der Waals surface area contributed by atoms with Crippen LogP contribution in [0.4, 0.5) is 27.4 Å². The molecule has 13 nitrogen and oxygen atoms in total. The van der Waals surface area contributed by atoms with Gasteiger partial charge in [-0.1, -0.05) is 0 Å². The maximum Gasteiger partial charge on any atom is 0.309 e. The lowest BCUT2D eigenvalue weighted by Crippen LogP contribution is -2.18. The van der Waals surface area contributed by atoms with E-state index in [1.165, 1.54) is 0 Å². The Balaban J connectivity index is -0.000000217. The fourth-order valence-corrected chi connectivity index (χ4v) is 0.427. The number of anilines is 3. The molecule has 0 saturated carbocycles. The molecule has 0 atom stereocenters. The van der Waals surface area contributed by atoms with Crippen LogP contribution < -0.4 is 40.1 Å². The second-order valence-corrected chi connectivity index (χ2v) is 2.21. The van der Waals surface area contributed by atoms with E-state index in [2.05, 4.69) is 37.9 Å². The lowest BCUT2D eigenvalue weighted by Gasteiger charge is -1.93. The Bertz CT molecular complexity index is 326. The second-order valence-electron chi connectivity index (χ2n) is 2.21. The van der Waals surface area contributed by atoms with Crippen LogP contribution in [0.5, 0.6) is 0 Å². The smallest absolute Gasteiger partial charge is 0.309 e. The van der Waals surface area contributed by atoms with Crippen LogP contribution in [0.3, 0.4) is 0 Å². The number of urea groups is 2. The van der Waals surface area contributed by atoms with Gasteiger partial charge in [0.25, 0.3) is 0 Å². The topological polar surface area (TPSA) is 272 Å². The van der Waals surface area contributed by atoms with E-state index in [0.29, 0.717) is 0 Å². The summed E-state index contributed by atoms with van der Waals surface area (Å²) in [4.78, 5) is 36.5. The number of primary amides is 4. The molecule has 0 radical (unpaired) electrons. The molecule has 13 heteroatoms. The minimum absolute atomic E-state index is 0.0417.